The number of aliphatic hydroxyl groups is 1. The van der Waals surface area contributed by atoms with Crippen LogP contribution in [0.2, 0.25) is 0 Å². The number of phenols is 1. The van der Waals surface area contributed by atoms with Crippen LogP contribution in [0.15, 0.2) is 54.6 Å². The molecule has 0 bridgehead atoms. The van der Waals surface area contributed by atoms with E-state index in [-0.39, 0.29) is 17.8 Å². The summed E-state index contributed by atoms with van der Waals surface area (Å²) >= 11 is 0. The maximum atomic E-state index is 11.8. The van der Waals surface area contributed by atoms with Gasteiger partial charge in [-0.1, -0.05) is 30.3 Å². The third-order valence-corrected chi connectivity index (χ3v) is 3.71. The summed E-state index contributed by atoms with van der Waals surface area (Å²) in [6.07, 6.45) is -0.0350. The van der Waals surface area contributed by atoms with Gasteiger partial charge in [-0.2, -0.15) is 0 Å². The number of phenolic OH excluding ortho intramolecular Hbond substituents is 1. The minimum Gasteiger partial charge on any atom is -0.508 e. The first-order valence-electron chi connectivity index (χ1n) is 8.32. The summed E-state index contributed by atoms with van der Waals surface area (Å²) in [5.41, 5.74) is 1.70. The Morgan fingerprint density at radius 1 is 1.04 bits per heavy atom. The zero-order valence-corrected chi connectivity index (χ0v) is 14.3. The largest absolute Gasteiger partial charge is 0.508 e. The maximum Gasteiger partial charge on any atom is 0.319 e. The molecule has 0 aliphatic heterocycles. The summed E-state index contributed by atoms with van der Waals surface area (Å²) < 4.78 is 0. The van der Waals surface area contributed by atoms with Crippen molar-refractivity contribution in [1.29, 1.82) is 0 Å². The van der Waals surface area contributed by atoms with Crippen LogP contribution in [-0.4, -0.2) is 41.5 Å². The first-order chi connectivity index (χ1) is 12.0. The lowest BCUT2D eigenvalue weighted by Crippen LogP contribution is -2.43. The smallest absolute Gasteiger partial charge is 0.319 e. The molecular formula is C19H25N3O3. The summed E-state index contributed by atoms with van der Waals surface area (Å²) in [7, 11) is 0. The van der Waals surface area contributed by atoms with Crippen molar-refractivity contribution in [3.63, 3.8) is 0 Å². The van der Waals surface area contributed by atoms with E-state index in [4.69, 9.17) is 0 Å². The van der Waals surface area contributed by atoms with Crippen LogP contribution in [0.25, 0.3) is 0 Å². The van der Waals surface area contributed by atoms with E-state index in [1.54, 1.807) is 24.3 Å². The highest BCUT2D eigenvalue weighted by Gasteiger charge is 2.09. The Morgan fingerprint density at radius 2 is 1.72 bits per heavy atom. The predicted molar refractivity (Wildman–Crippen MR) is 98.7 cm³/mol. The van der Waals surface area contributed by atoms with Crippen molar-refractivity contribution >= 4 is 11.7 Å². The number of anilines is 1. The summed E-state index contributed by atoms with van der Waals surface area (Å²) in [6, 6.07) is 15.8. The average molecular weight is 343 g/mol. The van der Waals surface area contributed by atoms with E-state index in [0.29, 0.717) is 19.5 Å². The molecule has 5 N–H and O–H groups in total. The quantitative estimate of drug-likeness (QED) is 0.507. The molecule has 0 heterocycles. The minimum absolute atomic E-state index is 0.0241. The molecule has 134 valence electrons. The highest BCUT2D eigenvalue weighted by molar-refractivity contribution is 5.89. The number of benzene rings is 2. The lowest BCUT2D eigenvalue weighted by molar-refractivity contribution is 0.168. The number of hydrogen-bond acceptors (Lipinski definition) is 4. The number of para-hydroxylation sites is 1. The van der Waals surface area contributed by atoms with Crippen molar-refractivity contribution in [3.05, 3.63) is 60.2 Å². The van der Waals surface area contributed by atoms with Crippen LogP contribution in [0.5, 0.6) is 5.75 Å². The standard InChI is InChI=1S/C19H25N3O3/c1-14(12-21-19(25)22-16-5-3-2-4-6-16)20-13-18(24)11-15-7-9-17(23)10-8-15/h2-10,14,18,20,23-24H,11-13H2,1H3,(H2,21,22,25). The number of hydrogen-bond donors (Lipinski definition) is 5. The Balaban J connectivity index is 1.63. The van der Waals surface area contributed by atoms with Gasteiger partial charge in [0.15, 0.2) is 0 Å². The minimum atomic E-state index is -0.537. The molecule has 6 nitrogen and oxygen atoms in total. The molecule has 0 fully saturated rings. The summed E-state index contributed by atoms with van der Waals surface area (Å²) in [5, 5.41) is 28.0. The van der Waals surface area contributed by atoms with Crippen LogP contribution in [0.1, 0.15) is 12.5 Å². The number of nitrogens with one attached hydrogen (secondary N) is 3. The fourth-order valence-corrected chi connectivity index (χ4v) is 2.33. The van der Waals surface area contributed by atoms with Crippen LogP contribution in [-0.2, 0) is 6.42 Å². The second-order valence-corrected chi connectivity index (χ2v) is 6.03. The number of carbonyl (C=O) groups excluding carboxylic acids is 1. The third-order valence-electron chi connectivity index (χ3n) is 3.71. The number of aromatic hydroxyl groups is 1. The SMILES string of the molecule is CC(CNC(=O)Nc1ccccc1)NCC(O)Cc1ccc(O)cc1. The average Bonchev–Trinajstić information content (AvgIpc) is 2.61. The first kappa shape index (κ1) is 18.8. The number of carbonyl (C=O) groups is 1. The van der Waals surface area contributed by atoms with Gasteiger partial charge in [0.25, 0.3) is 0 Å². The van der Waals surface area contributed by atoms with Crippen LogP contribution in [0.3, 0.4) is 0 Å². The summed E-state index contributed by atoms with van der Waals surface area (Å²) in [5.74, 6) is 0.213. The molecule has 0 aliphatic rings. The molecule has 0 spiro atoms. The fraction of sp³-hybridized carbons (Fsp3) is 0.316. The van der Waals surface area contributed by atoms with Crippen molar-refractivity contribution in [1.82, 2.24) is 10.6 Å². The van der Waals surface area contributed by atoms with Crippen molar-refractivity contribution in [2.24, 2.45) is 0 Å². The van der Waals surface area contributed by atoms with Gasteiger partial charge in [0, 0.05) is 24.8 Å². The second-order valence-electron chi connectivity index (χ2n) is 6.03. The van der Waals surface area contributed by atoms with E-state index >= 15 is 0 Å². The molecule has 0 saturated carbocycles. The highest BCUT2D eigenvalue weighted by atomic mass is 16.3. The van der Waals surface area contributed by atoms with E-state index < -0.39 is 6.10 Å². The molecule has 0 aliphatic carbocycles. The lowest BCUT2D eigenvalue weighted by Gasteiger charge is -2.18. The molecule has 2 rings (SSSR count). The second kappa shape index (κ2) is 9.66. The zero-order valence-electron chi connectivity index (χ0n) is 14.3. The molecule has 2 unspecified atom stereocenters. The maximum absolute atomic E-state index is 11.8. The van der Waals surface area contributed by atoms with E-state index in [0.717, 1.165) is 11.3 Å². The van der Waals surface area contributed by atoms with E-state index in [1.165, 1.54) is 0 Å². The molecular weight excluding hydrogens is 318 g/mol. The molecule has 0 saturated heterocycles. The van der Waals surface area contributed by atoms with Gasteiger partial charge in [0.2, 0.25) is 0 Å². The molecule has 2 aromatic rings. The number of urea groups is 1. The molecule has 0 radical (unpaired) electrons. The van der Waals surface area contributed by atoms with Gasteiger partial charge in [-0.05, 0) is 43.2 Å². The fourth-order valence-electron chi connectivity index (χ4n) is 2.33. The van der Waals surface area contributed by atoms with Crippen LogP contribution >= 0.6 is 0 Å². The number of rotatable bonds is 8. The molecule has 6 heteroatoms. The van der Waals surface area contributed by atoms with Gasteiger partial charge in [-0.15, -0.1) is 0 Å². The van der Waals surface area contributed by atoms with Crippen LogP contribution < -0.4 is 16.0 Å². The molecule has 2 amide bonds. The van der Waals surface area contributed by atoms with E-state index in [1.807, 2.05) is 37.3 Å². The van der Waals surface area contributed by atoms with Gasteiger partial charge >= 0.3 is 6.03 Å². The third kappa shape index (κ3) is 7.24. The van der Waals surface area contributed by atoms with Gasteiger partial charge in [-0.3, -0.25) is 0 Å². The lowest BCUT2D eigenvalue weighted by atomic mass is 10.1. The molecule has 25 heavy (non-hydrogen) atoms. The predicted octanol–water partition coefficient (Wildman–Crippen LogP) is 2.10. The van der Waals surface area contributed by atoms with Crippen LogP contribution in [0, 0.1) is 0 Å². The van der Waals surface area contributed by atoms with Gasteiger partial charge in [0.1, 0.15) is 5.75 Å². The normalized spacial score (nSPS) is 13.0. The highest BCUT2D eigenvalue weighted by Crippen LogP contribution is 2.11. The van der Waals surface area contributed by atoms with Gasteiger partial charge in [0.05, 0.1) is 6.10 Å². The Hall–Kier alpha value is -2.57. The zero-order chi connectivity index (χ0) is 18.1. The number of amides is 2. The van der Waals surface area contributed by atoms with E-state index in [2.05, 4.69) is 16.0 Å². The summed E-state index contributed by atoms with van der Waals surface area (Å²) in [4.78, 5) is 11.8. The van der Waals surface area contributed by atoms with Gasteiger partial charge in [-0.25, -0.2) is 4.79 Å². The van der Waals surface area contributed by atoms with Gasteiger partial charge < -0.3 is 26.2 Å². The molecule has 2 aromatic carbocycles. The molecule has 2 atom stereocenters. The Kier molecular flexibility index (Phi) is 7.25. The molecule has 0 aromatic heterocycles. The Morgan fingerprint density at radius 3 is 2.40 bits per heavy atom. The van der Waals surface area contributed by atoms with E-state index in [9.17, 15) is 15.0 Å². The monoisotopic (exact) mass is 343 g/mol. The van der Waals surface area contributed by atoms with Crippen molar-refractivity contribution < 1.29 is 15.0 Å². The topological polar surface area (TPSA) is 93.6 Å². The van der Waals surface area contributed by atoms with Crippen molar-refractivity contribution in [2.75, 3.05) is 18.4 Å². The summed E-state index contributed by atoms with van der Waals surface area (Å²) in [6.45, 7) is 2.81. The Labute approximate surface area is 147 Å². The Bertz CT molecular complexity index is 647. The van der Waals surface area contributed by atoms with Crippen LogP contribution in [0.4, 0.5) is 10.5 Å². The van der Waals surface area contributed by atoms with Crippen molar-refractivity contribution in [3.8, 4) is 5.75 Å². The van der Waals surface area contributed by atoms with Crippen molar-refractivity contribution in [2.45, 2.75) is 25.5 Å². The number of aliphatic hydroxyl groups excluding tert-OH is 1. The first-order valence-corrected chi connectivity index (χ1v) is 8.32.